The molecule has 0 aliphatic heterocycles. The highest BCUT2D eigenvalue weighted by Crippen LogP contribution is 2.25. The molecule has 0 aliphatic rings. The highest BCUT2D eigenvalue weighted by atomic mass is 16.4. The molecule has 0 spiro atoms. The van der Waals surface area contributed by atoms with Crippen LogP contribution in [0, 0.1) is 0 Å². The van der Waals surface area contributed by atoms with Gasteiger partial charge in [0.25, 0.3) is 0 Å². The minimum absolute atomic E-state index is 0.627. The summed E-state index contributed by atoms with van der Waals surface area (Å²) in [5.74, 6) is -0.996. The number of imidazole rings is 1. The molecule has 1 atom stereocenters. The summed E-state index contributed by atoms with van der Waals surface area (Å²) in [7, 11) is 0. The Morgan fingerprint density at radius 2 is 2.33 bits per heavy atom. The van der Waals surface area contributed by atoms with Crippen LogP contribution < -0.4 is 5.73 Å². The number of nitrogens with zero attached hydrogens (tertiary/aromatic N) is 2. The number of aryl methyl sites for hydroxylation is 1. The predicted molar refractivity (Wildman–Crippen MR) is 56.5 cm³/mol. The van der Waals surface area contributed by atoms with Crippen LogP contribution in [-0.2, 0) is 16.8 Å². The SMILES string of the molecule is CCn1cncc1C(C)(C)C(N)C(=O)O. The Balaban J connectivity index is 3.10. The van der Waals surface area contributed by atoms with E-state index >= 15 is 0 Å². The van der Waals surface area contributed by atoms with Gasteiger partial charge in [-0.15, -0.1) is 0 Å². The zero-order valence-corrected chi connectivity index (χ0v) is 9.27. The normalized spacial score (nSPS) is 13.9. The number of rotatable bonds is 4. The van der Waals surface area contributed by atoms with Crippen molar-refractivity contribution in [2.24, 2.45) is 5.73 Å². The smallest absolute Gasteiger partial charge is 0.321 e. The van der Waals surface area contributed by atoms with E-state index in [1.165, 1.54) is 0 Å². The highest BCUT2D eigenvalue weighted by molar-refractivity contribution is 5.75. The van der Waals surface area contributed by atoms with E-state index in [4.69, 9.17) is 10.8 Å². The van der Waals surface area contributed by atoms with Gasteiger partial charge in [0.15, 0.2) is 0 Å². The number of nitrogens with two attached hydrogens (primary N) is 1. The van der Waals surface area contributed by atoms with Crippen molar-refractivity contribution in [1.29, 1.82) is 0 Å². The molecule has 1 aromatic heterocycles. The van der Waals surface area contributed by atoms with E-state index in [1.54, 1.807) is 12.5 Å². The van der Waals surface area contributed by atoms with Crippen LogP contribution in [0.2, 0.25) is 0 Å². The zero-order valence-electron chi connectivity index (χ0n) is 9.27. The van der Waals surface area contributed by atoms with Crippen LogP contribution in [0.3, 0.4) is 0 Å². The number of hydrogen-bond donors (Lipinski definition) is 2. The van der Waals surface area contributed by atoms with E-state index in [2.05, 4.69) is 4.98 Å². The summed E-state index contributed by atoms with van der Waals surface area (Å²) in [5, 5.41) is 8.93. The molecule has 84 valence electrons. The summed E-state index contributed by atoms with van der Waals surface area (Å²) in [4.78, 5) is 14.9. The van der Waals surface area contributed by atoms with Gasteiger partial charge < -0.3 is 15.4 Å². The monoisotopic (exact) mass is 211 g/mol. The van der Waals surface area contributed by atoms with Crippen molar-refractivity contribution in [3.63, 3.8) is 0 Å². The lowest BCUT2D eigenvalue weighted by Crippen LogP contribution is -2.47. The molecule has 3 N–H and O–H groups in total. The Morgan fingerprint density at radius 3 is 2.80 bits per heavy atom. The summed E-state index contributed by atoms with van der Waals surface area (Å²) < 4.78 is 1.91. The summed E-state index contributed by atoms with van der Waals surface area (Å²) in [5.41, 5.74) is 5.89. The van der Waals surface area contributed by atoms with Gasteiger partial charge >= 0.3 is 5.97 Å². The minimum Gasteiger partial charge on any atom is -0.480 e. The summed E-state index contributed by atoms with van der Waals surface area (Å²) >= 11 is 0. The van der Waals surface area contributed by atoms with Crippen LogP contribution in [0.25, 0.3) is 0 Å². The third kappa shape index (κ3) is 2.02. The average molecular weight is 211 g/mol. The Bertz CT molecular complexity index is 357. The quantitative estimate of drug-likeness (QED) is 0.763. The molecular formula is C10H17N3O2. The fourth-order valence-corrected chi connectivity index (χ4v) is 1.58. The van der Waals surface area contributed by atoms with E-state index in [0.717, 1.165) is 12.2 Å². The molecular weight excluding hydrogens is 194 g/mol. The molecule has 1 aromatic rings. The maximum atomic E-state index is 10.9. The van der Waals surface area contributed by atoms with Crippen LogP contribution in [-0.4, -0.2) is 26.7 Å². The van der Waals surface area contributed by atoms with Crippen LogP contribution in [0.15, 0.2) is 12.5 Å². The summed E-state index contributed by atoms with van der Waals surface area (Å²) in [6, 6.07) is -0.931. The molecule has 1 unspecified atom stereocenters. The van der Waals surface area contributed by atoms with Gasteiger partial charge in [-0.25, -0.2) is 4.98 Å². The van der Waals surface area contributed by atoms with Crippen molar-refractivity contribution in [3.8, 4) is 0 Å². The molecule has 5 heteroatoms. The standard InChI is InChI=1S/C10H17N3O2/c1-4-13-6-12-5-7(13)10(2,3)8(11)9(14)15/h5-6,8H,4,11H2,1-3H3,(H,14,15). The molecule has 1 heterocycles. The molecule has 0 saturated carbocycles. The van der Waals surface area contributed by atoms with Crippen LogP contribution in [0.1, 0.15) is 26.5 Å². The highest BCUT2D eigenvalue weighted by Gasteiger charge is 2.36. The second-order valence-corrected chi connectivity index (χ2v) is 4.10. The maximum absolute atomic E-state index is 10.9. The number of aliphatic carboxylic acids is 1. The fraction of sp³-hybridized carbons (Fsp3) is 0.600. The Hall–Kier alpha value is -1.36. The molecule has 1 rings (SSSR count). The van der Waals surface area contributed by atoms with Gasteiger partial charge in [0.1, 0.15) is 6.04 Å². The van der Waals surface area contributed by atoms with Crippen molar-refractivity contribution in [1.82, 2.24) is 9.55 Å². The molecule has 0 fully saturated rings. The molecule has 0 radical (unpaired) electrons. The van der Waals surface area contributed by atoms with E-state index in [1.807, 2.05) is 25.3 Å². The van der Waals surface area contributed by atoms with Gasteiger partial charge in [-0.05, 0) is 6.92 Å². The van der Waals surface area contributed by atoms with Crippen molar-refractivity contribution in [2.75, 3.05) is 0 Å². The lowest BCUT2D eigenvalue weighted by Gasteiger charge is -2.29. The van der Waals surface area contributed by atoms with E-state index in [-0.39, 0.29) is 0 Å². The third-order valence-corrected chi connectivity index (χ3v) is 2.76. The molecule has 5 nitrogen and oxygen atoms in total. The minimum atomic E-state index is -0.996. The number of carbonyl (C=O) groups is 1. The predicted octanol–water partition coefficient (Wildman–Crippen LogP) is 0.592. The lowest BCUT2D eigenvalue weighted by molar-refractivity contribution is -0.140. The van der Waals surface area contributed by atoms with E-state index < -0.39 is 17.4 Å². The molecule has 0 amide bonds. The summed E-state index contributed by atoms with van der Waals surface area (Å²) in [6.45, 7) is 6.36. The molecule has 0 bridgehead atoms. The number of carboxylic acid groups (broad SMARTS) is 1. The molecule has 15 heavy (non-hydrogen) atoms. The first kappa shape index (κ1) is 11.7. The Labute approximate surface area is 88.9 Å². The fourth-order valence-electron chi connectivity index (χ4n) is 1.58. The van der Waals surface area contributed by atoms with Gasteiger partial charge in [-0.2, -0.15) is 0 Å². The largest absolute Gasteiger partial charge is 0.480 e. The second-order valence-electron chi connectivity index (χ2n) is 4.10. The summed E-state index contributed by atoms with van der Waals surface area (Å²) in [6.07, 6.45) is 3.36. The number of aromatic nitrogens is 2. The van der Waals surface area contributed by atoms with Crippen LogP contribution in [0.4, 0.5) is 0 Å². The van der Waals surface area contributed by atoms with Crippen molar-refractivity contribution < 1.29 is 9.90 Å². The molecule has 0 saturated heterocycles. The lowest BCUT2D eigenvalue weighted by atomic mass is 9.82. The number of carboxylic acids is 1. The average Bonchev–Trinajstić information content (AvgIpc) is 2.64. The third-order valence-electron chi connectivity index (χ3n) is 2.76. The number of hydrogen-bond acceptors (Lipinski definition) is 3. The van der Waals surface area contributed by atoms with Crippen LogP contribution >= 0.6 is 0 Å². The van der Waals surface area contributed by atoms with Crippen molar-refractivity contribution in [2.45, 2.75) is 38.8 Å². The second kappa shape index (κ2) is 4.02. The Morgan fingerprint density at radius 1 is 1.73 bits per heavy atom. The molecule has 0 aromatic carbocycles. The maximum Gasteiger partial charge on any atom is 0.321 e. The van der Waals surface area contributed by atoms with Gasteiger partial charge in [-0.3, -0.25) is 4.79 Å². The van der Waals surface area contributed by atoms with Gasteiger partial charge in [0.05, 0.1) is 6.33 Å². The van der Waals surface area contributed by atoms with Gasteiger partial charge in [0.2, 0.25) is 0 Å². The van der Waals surface area contributed by atoms with Crippen LogP contribution in [0.5, 0.6) is 0 Å². The van der Waals surface area contributed by atoms with Gasteiger partial charge in [0, 0.05) is 23.9 Å². The van der Waals surface area contributed by atoms with Crippen molar-refractivity contribution in [3.05, 3.63) is 18.2 Å². The Kier molecular flexibility index (Phi) is 3.14. The first-order valence-electron chi connectivity index (χ1n) is 4.90. The van der Waals surface area contributed by atoms with Crippen molar-refractivity contribution >= 4 is 5.97 Å². The topological polar surface area (TPSA) is 81.1 Å². The zero-order chi connectivity index (χ0) is 11.6. The van der Waals surface area contributed by atoms with E-state index in [0.29, 0.717) is 0 Å². The molecule has 0 aliphatic carbocycles. The van der Waals surface area contributed by atoms with Gasteiger partial charge in [-0.1, -0.05) is 13.8 Å². The first-order valence-corrected chi connectivity index (χ1v) is 4.90. The van der Waals surface area contributed by atoms with E-state index in [9.17, 15) is 4.79 Å². The first-order chi connectivity index (χ1) is 6.91.